The number of fused-ring (bicyclic) bond motifs is 1. The van der Waals surface area contributed by atoms with Crippen molar-refractivity contribution < 1.29 is 15.0 Å². The van der Waals surface area contributed by atoms with Gasteiger partial charge in [-0.2, -0.15) is 0 Å². The molecule has 2 aliphatic carbocycles. The number of aromatic carboxylic acids is 1. The minimum Gasteiger partial charge on any atom is -0.508 e. The first-order valence-corrected chi connectivity index (χ1v) is 11.7. The molecular weight excluding hydrogens is 372 g/mol. The van der Waals surface area contributed by atoms with Crippen molar-refractivity contribution in [3.05, 3.63) is 52.6 Å². The van der Waals surface area contributed by atoms with E-state index in [9.17, 15) is 9.90 Å². The SMILES string of the molecule is C/C(=C\Cc1cc(C(=O)O)ccc1O)CCC1=CCCC2C(C)CCC[C@@]12C.CC. The van der Waals surface area contributed by atoms with E-state index in [0.29, 0.717) is 17.4 Å². The Morgan fingerprint density at radius 2 is 2.00 bits per heavy atom. The van der Waals surface area contributed by atoms with Crippen molar-refractivity contribution >= 4 is 5.97 Å². The highest BCUT2D eigenvalue weighted by atomic mass is 16.4. The summed E-state index contributed by atoms with van der Waals surface area (Å²) in [6, 6.07) is 4.48. The molecule has 2 aliphatic rings. The van der Waals surface area contributed by atoms with Gasteiger partial charge in [0.15, 0.2) is 0 Å². The van der Waals surface area contributed by atoms with Crippen molar-refractivity contribution in [2.24, 2.45) is 17.3 Å². The molecule has 0 bridgehead atoms. The average molecular weight is 413 g/mol. The molecule has 0 saturated heterocycles. The summed E-state index contributed by atoms with van der Waals surface area (Å²) < 4.78 is 0. The molecule has 2 unspecified atom stereocenters. The van der Waals surface area contributed by atoms with Crippen LogP contribution in [-0.2, 0) is 6.42 Å². The molecule has 3 atom stereocenters. The Morgan fingerprint density at radius 1 is 1.27 bits per heavy atom. The number of phenols is 1. The molecule has 30 heavy (non-hydrogen) atoms. The molecule has 2 N–H and O–H groups in total. The van der Waals surface area contributed by atoms with Gasteiger partial charge in [-0.25, -0.2) is 4.79 Å². The van der Waals surface area contributed by atoms with Crippen LogP contribution >= 0.6 is 0 Å². The van der Waals surface area contributed by atoms with Crippen LogP contribution in [0.2, 0.25) is 0 Å². The zero-order valence-electron chi connectivity index (χ0n) is 19.5. The van der Waals surface area contributed by atoms with E-state index < -0.39 is 5.97 Å². The summed E-state index contributed by atoms with van der Waals surface area (Å²) in [5, 5.41) is 19.2. The number of carboxylic acids is 1. The second kappa shape index (κ2) is 10.8. The third kappa shape index (κ3) is 5.56. The Morgan fingerprint density at radius 3 is 2.70 bits per heavy atom. The number of benzene rings is 1. The van der Waals surface area contributed by atoms with Crippen LogP contribution in [0.3, 0.4) is 0 Å². The number of allylic oxidation sites excluding steroid dienone is 4. The smallest absolute Gasteiger partial charge is 0.335 e. The number of hydrogen-bond acceptors (Lipinski definition) is 2. The number of rotatable bonds is 6. The van der Waals surface area contributed by atoms with Gasteiger partial charge >= 0.3 is 5.97 Å². The van der Waals surface area contributed by atoms with Gasteiger partial charge in [0.25, 0.3) is 0 Å². The van der Waals surface area contributed by atoms with Crippen molar-refractivity contribution in [3.8, 4) is 5.75 Å². The van der Waals surface area contributed by atoms with Crippen molar-refractivity contribution in [2.45, 2.75) is 86.0 Å². The number of phenolic OH excluding ortho intramolecular Hbond substituents is 1. The molecule has 3 heteroatoms. The third-order valence-electron chi connectivity index (χ3n) is 7.25. The fourth-order valence-corrected chi connectivity index (χ4v) is 5.47. The van der Waals surface area contributed by atoms with E-state index in [0.717, 1.165) is 24.7 Å². The second-order valence-electron chi connectivity index (χ2n) is 9.10. The van der Waals surface area contributed by atoms with E-state index in [2.05, 4.69) is 32.9 Å². The van der Waals surface area contributed by atoms with E-state index in [-0.39, 0.29) is 11.3 Å². The van der Waals surface area contributed by atoms with Crippen LogP contribution in [0.4, 0.5) is 0 Å². The number of aromatic hydroxyl groups is 1. The Bertz CT molecular complexity index is 789. The average Bonchev–Trinajstić information content (AvgIpc) is 2.73. The predicted octanol–water partition coefficient (Wildman–Crippen LogP) is 7.55. The van der Waals surface area contributed by atoms with Crippen LogP contribution in [-0.4, -0.2) is 16.2 Å². The number of carboxylic acid groups (broad SMARTS) is 1. The van der Waals surface area contributed by atoms with E-state index in [1.165, 1.54) is 49.8 Å². The van der Waals surface area contributed by atoms with Crippen LogP contribution < -0.4 is 0 Å². The molecule has 0 spiro atoms. The van der Waals surface area contributed by atoms with Crippen molar-refractivity contribution in [1.82, 2.24) is 0 Å². The van der Waals surface area contributed by atoms with Gasteiger partial charge in [-0.05, 0) is 86.5 Å². The van der Waals surface area contributed by atoms with Crippen molar-refractivity contribution in [1.29, 1.82) is 0 Å². The molecular formula is C27H40O3. The molecule has 3 rings (SSSR count). The van der Waals surface area contributed by atoms with Crippen molar-refractivity contribution in [2.75, 3.05) is 0 Å². The lowest BCUT2D eigenvalue weighted by molar-refractivity contribution is 0.0696. The van der Waals surface area contributed by atoms with Crippen LogP contribution in [0.5, 0.6) is 5.75 Å². The summed E-state index contributed by atoms with van der Waals surface area (Å²) in [5.74, 6) is 0.871. The first-order valence-electron chi connectivity index (χ1n) is 11.7. The van der Waals surface area contributed by atoms with E-state index in [4.69, 9.17) is 5.11 Å². The third-order valence-corrected chi connectivity index (χ3v) is 7.25. The maximum absolute atomic E-state index is 11.1. The Balaban J connectivity index is 0.00000155. The lowest BCUT2D eigenvalue weighted by Crippen LogP contribution is -2.39. The summed E-state index contributed by atoms with van der Waals surface area (Å²) in [4.78, 5) is 11.1. The van der Waals surface area contributed by atoms with Gasteiger partial charge in [-0.15, -0.1) is 0 Å². The molecule has 1 aromatic rings. The number of hydrogen-bond donors (Lipinski definition) is 2. The van der Waals surface area contributed by atoms with Gasteiger partial charge in [0, 0.05) is 0 Å². The minimum atomic E-state index is -0.962. The Labute approximate surface area is 182 Å². The molecule has 1 aromatic carbocycles. The topological polar surface area (TPSA) is 57.5 Å². The van der Waals surface area contributed by atoms with Crippen LogP contribution in [0.1, 0.15) is 95.5 Å². The van der Waals surface area contributed by atoms with Gasteiger partial charge in [-0.3, -0.25) is 0 Å². The molecule has 166 valence electrons. The molecule has 1 saturated carbocycles. The summed E-state index contributed by atoms with van der Waals surface area (Å²) in [6.45, 7) is 11.1. The van der Waals surface area contributed by atoms with E-state index in [1.807, 2.05) is 13.8 Å². The zero-order valence-corrected chi connectivity index (χ0v) is 19.5. The lowest BCUT2D eigenvalue weighted by Gasteiger charge is -2.49. The Hall–Kier alpha value is -2.03. The maximum atomic E-state index is 11.1. The molecule has 1 fully saturated rings. The summed E-state index contributed by atoms with van der Waals surface area (Å²) in [7, 11) is 0. The standard InChI is InChI=1S/C25H34O3.C2H6/c1-17(9-11-19-16-20(24(27)28)12-14-23(19)26)10-13-21-7-4-8-22-18(2)6-5-15-25(21,22)3;1-2/h7,9,12,14,16,18,22,26H,4-6,8,10-11,13,15H2,1-3H3,(H,27,28);1-2H3/b17-9+;/t18?,22?,25-;/m0./s1. The maximum Gasteiger partial charge on any atom is 0.335 e. The van der Waals surface area contributed by atoms with Gasteiger partial charge in [0.1, 0.15) is 5.75 Å². The van der Waals surface area contributed by atoms with Gasteiger partial charge < -0.3 is 10.2 Å². The molecule has 0 aliphatic heterocycles. The largest absolute Gasteiger partial charge is 0.508 e. The molecule has 0 heterocycles. The fraction of sp³-hybridized carbons (Fsp3) is 0.593. The Kier molecular flexibility index (Phi) is 8.76. The zero-order chi connectivity index (χ0) is 22.3. The van der Waals surface area contributed by atoms with E-state index >= 15 is 0 Å². The first kappa shape index (κ1) is 24.2. The quantitative estimate of drug-likeness (QED) is 0.474. The lowest BCUT2D eigenvalue weighted by atomic mass is 9.55. The minimum absolute atomic E-state index is 0.163. The number of carbonyl (C=O) groups is 1. The molecule has 3 nitrogen and oxygen atoms in total. The highest BCUT2D eigenvalue weighted by Crippen LogP contribution is 2.54. The van der Waals surface area contributed by atoms with Gasteiger partial charge in [0.2, 0.25) is 0 Å². The normalized spacial score (nSPS) is 26.2. The predicted molar refractivity (Wildman–Crippen MR) is 125 cm³/mol. The summed E-state index contributed by atoms with van der Waals surface area (Å²) in [5.41, 5.74) is 4.22. The van der Waals surface area contributed by atoms with E-state index in [1.54, 1.807) is 11.6 Å². The highest BCUT2D eigenvalue weighted by Gasteiger charge is 2.43. The monoisotopic (exact) mass is 412 g/mol. The molecule has 0 radical (unpaired) electrons. The van der Waals surface area contributed by atoms with Crippen LogP contribution in [0.25, 0.3) is 0 Å². The molecule has 0 amide bonds. The highest BCUT2D eigenvalue weighted by molar-refractivity contribution is 5.88. The van der Waals surface area contributed by atoms with Crippen LogP contribution in [0, 0.1) is 17.3 Å². The summed E-state index contributed by atoms with van der Waals surface area (Å²) >= 11 is 0. The first-order chi connectivity index (χ1) is 14.3. The fourth-order valence-electron chi connectivity index (χ4n) is 5.47. The molecule has 0 aromatic heterocycles. The summed E-state index contributed by atoms with van der Waals surface area (Å²) in [6.07, 6.45) is 14.0. The van der Waals surface area contributed by atoms with Crippen molar-refractivity contribution in [3.63, 3.8) is 0 Å². The van der Waals surface area contributed by atoms with Gasteiger partial charge in [-0.1, -0.05) is 63.8 Å². The van der Waals surface area contributed by atoms with Gasteiger partial charge in [0.05, 0.1) is 5.56 Å². The van der Waals surface area contributed by atoms with Crippen LogP contribution in [0.15, 0.2) is 41.5 Å². The second-order valence-corrected chi connectivity index (χ2v) is 9.10.